The molecule has 94 valence electrons. The van der Waals surface area contributed by atoms with Crippen LogP contribution in [0.3, 0.4) is 0 Å². The topological polar surface area (TPSA) is 95.1 Å². The Balaban J connectivity index is 2.02. The molecule has 1 aromatic rings. The molecular formula is C11H15NO5. The summed E-state index contributed by atoms with van der Waals surface area (Å²) < 4.78 is 6.82. The van der Waals surface area contributed by atoms with Crippen molar-refractivity contribution in [1.82, 2.24) is 4.57 Å². The molecule has 4 N–H and O–H groups in total. The van der Waals surface area contributed by atoms with Crippen molar-refractivity contribution in [1.29, 1.82) is 0 Å². The van der Waals surface area contributed by atoms with Crippen LogP contribution in [0, 0.1) is 0 Å². The summed E-state index contributed by atoms with van der Waals surface area (Å²) in [6.07, 6.45) is 0.397. The standard InChI is InChI=1S/C11H15NO5/c13-4-5(14)3-12-10(15)8-6-1-2-7(17-6)9(8)11(12)16/h5-7,13-16H,1-4H2/t5?,6-,7+. The summed E-state index contributed by atoms with van der Waals surface area (Å²) in [4.78, 5) is 0. The quantitative estimate of drug-likeness (QED) is 0.604. The molecule has 6 heteroatoms. The number of rotatable bonds is 3. The van der Waals surface area contributed by atoms with Crippen LogP contribution in [0.2, 0.25) is 0 Å². The molecule has 0 saturated carbocycles. The third-order valence-corrected chi connectivity index (χ3v) is 3.55. The van der Waals surface area contributed by atoms with Gasteiger partial charge >= 0.3 is 0 Å². The number of nitrogens with zero attached hydrogens (tertiary/aromatic N) is 1. The molecule has 0 aromatic carbocycles. The van der Waals surface area contributed by atoms with Gasteiger partial charge in [-0.25, -0.2) is 0 Å². The maximum absolute atomic E-state index is 10.0. The first kappa shape index (κ1) is 10.9. The maximum atomic E-state index is 10.0. The number of aliphatic hydroxyl groups is 2. The highest BCUT2D eigenvalue weighted by Crippen LogP contribution is 2.57. The van der Waals surface area contributed by atoms with Crippen LogP contribution < -0.4 is 0 Å². The summed E-state index contributed by atoms with van der Waals surface area (Å²) in [5.41, 5.74) is 1.28. The van der Waals surface area contributed by atoms with E-state index < -0.39 is 12.7 Å². The molecule has 1 saturated heterocycles. The summed E-state index contributed by atoms with van der Waals surface area (Å²) in [7, 11) is 0. The van der Waals surface area contributed by atoms with Crippen LogP contribution in [0.1, 0.15) is 36.2 Å². The number of aromatic hydroxyl groups is 2. The maximum Gasteiger partial charge on any atom is 0.200 e. The SMILES string of the molecule is OCC(O)Cn1c(O)c2c(c1O)[C@H]1CC[C@@H]2O1. The van der Waals surface area contributed by atoms with Gasteiger partial charge in [0.2, 0.25) is 0 Å². The highest BCUT2D eigenvalue weighted by Gasteiger charge is 2.45. The second-order valence-corrected chi connectivity index (χ2v) is 4.61. The van der Waals surface area contributed by atoms with Crippen molar-refractivity contribution in [3.05, 3.63) is 11.1 Å². The fraction of sp³-hybridized carbons (Fsp3) is 0.636. The van der Waals surface area contributed by atoms with E-state index in [4.69, 9.17) is 9.84 Å². The Bertz CT molecular complexity index is 422. The summed E-state index contributed by atoms with van der Waals surface area (Å²) in [6.45, 7) is -0.439. The van der Waals surface area contributed by atoms with E-state index in [1.54, 1.807) is 0 Å². The lowest BCUT2D eigenvalue weighted by Gasteiger charge is -2.12. The second kappa shape index (κ2) is 3.63. The van der Waals surface area contributed by atoms with Gasteiger partial charge in [-0.1, -0.05) is 0 Å². The minimum absolute atomic E-state index is 0.0272. The molecular weight excluding hydrogens is 226 g/mol. The molecule has 3 rings (SSSR count). The predicted octanol–water partition coefficient (Wildman–Crippen LogP) is 0.159. The van der Waals surface area contributed by atoms with Crippen LogP contribution in [-0.2, 0) is 11.3 Å². The van der Waals surface area contributed by atoms with Crippen molar-refractivity contribution in [2.24, 2.45) is 0 Å². The predicted molar refractivity (Wildman–Crippen MR) is 56.7 cm³/mol. The van der Waals surface area contributed by atoms with Crippen LogP contribution in [0.5, 0.6) is 11.8 Å². The zero-order valence-electron chi connectivity index (χ0n) is 9.20. The zero-order valence-corrected chi connectivity index (χ0v) is 9.20. The van der Waals surface area contributed by atoms with Gasteiger partial charge in [0.1, 0.15) is 0 Å². The first-order valence-electron chi connectivity index (χ1n) is 5.72. The van der Waals surface area contributed by atoms with Crippen molar-refractivity contribution >= 4 is 0 Å². The molecule has 2 aliphatic heterocycles. The molecule has 1 fully saturated rings. The Morgan fingerprint density at radius 1 is 1.18 bits per heavy atom. The Kier molecular flexibility index (Phi) is 2.32. The van der Waals surface area contributed by atoms with Gasteiger partial charge in [-0.2, -0.15) is 0 Å². The van der Waals surface area contributed by atoms with Gasteiger partial charge in [0.05, 0.1) is 42.6 Å². The van der Waals surface area contributed by atoms with Gasteiger partial charge in [0, 0.05) is 0 Å². The van der Waals surface area contributed by atoms with Crippen molar-refractivity contribution < 1.29 is 25.2 Å². The van der Waals surface area contributed by atoms with Gasteiger partial charge in [-0.3, -0.25) is 4.57 Å². The molecule has 3 heterocycles. The molecule has 2 bridgehead atoms. The monoisotopic (exact) mass is 241 g/mol. The largest absolute Gasteiger partial charge is 0.494 e. The Morgan fingerprint density at radius 2 is 1.71 bits per heavy atom. The first-order valence-corrected chi connectivity index (χ1v) is 5.72. The fourth-order valence-corrected chi connectivity index (χ4v) is 2.77. The summed E-state index contributed by atoms with van der Waals surface area (Å²) in [5, 5.41) is 38.2. The molecule has 0 aliphatic carbocycles. The van der Waals surface area contributed by atoms with Crippen molar-refractivity contribution in [2.75, 3.05) is 6.61 Å². The van der Waals surface area contributed by atoms with E-state index in [-0.39, 0.29) is 30.5 Å². The van der Waals surface area contributed by atoms with Gasteiger partial charge in [-0.15, -0.1) is 0 Å². The number of hydrogen-bond acceptors (Lipinski definition) is 5. The van der Waals surface area contributed by atoms with E-state index in [0.717, 1.165) is 12.8 Å². The normalized spacial score (nSPS) is 27.4. The highest BCUT2D eigenvalue weighted by molar-refractivity contribution is 5.51. The van der Waals surface area contributed by atoms with E-state index in [9.17, 15) is 15.3 Å². The van der Waals surface area contributed by atoms with Crippen LogP contribution >= 0.6 is 0 Å². The first-order chi connectivity index (χ1) is 8.13. The molecule has 0 amide bonds. The molecule has 3 atom stereocenters. The number of ether oxygens (including phenoxy) is 1. The van der Waals surface area contributed by atoms with E-state index in [0.29, 0.717) is 11.1 Å². The number of aliphatic hydroxyl groups excluding tert-OH is 2. The fourth-order valence-electron chi connectivity index (χ4n) is 2.77. The van der Waals surface area contributed by atoms with Gasteiger partial charge in [0.25, 0.3) is 0 Å². The van der Waals surface area contributed by atoms with E-state index in [2.05, 4.69) is 0 Å². The highest BCUT2D eigenvalue weighted by atomic mass is 16.5. The lowest BCUT2D eigenvalue weighted by molar-refractivity contribution is 0.0627. The smallest absolute Gasteiger partial charge is 0.200 e. The molecule has 1 unspecified atom stereocenters. The Labute approximate surface area is 97.7 Å². The van der Waals surface area contributed by atoms with E-state index in [1.165, 1.54) is 4.57 Å². The lowest BCUT2D eigenvalue weighted by Crippen LogP contribution is -2.19. The second-order valence-electron chi connectivity index (χ2n) is 4.61. The third-order valence-electron chi connectivity index (χ3n) is 3.55. The minimum atomic E-state index is -1.00. The van der Waals surface area contributed by atoms with Crippen LogP contribution in [-0.4, -0.2) is 37.7 Å². The summed E-state index contributed by atoms with van der Waals surface area (Å²) in [5.74, 6) is -0.116. The van der Waals surface area contributed by atoms with Crippen LogP contribution in [0.15, 0.2) is 0 Å². The molecule has 2 aliphatic rings. The average molecular weight is 241 g/mol. The molecule has 0 radical (unpaired) electrons. The minimum Gasteiger partial charge on any atom is -0.494 e. The third kappa shape index (κ3) is 1.38. The average Bonchev–Trinajstić information content (AvgIpc) is 2.98. The Hall–Kier alpha value is -1.24. The summed E-state index contributed by atoms with van der Waals surface area (Å²) >= 11 is 0. The molecule has 6 nitrogen and oxygen atoms in total. The number of hydrogen-bond donors (Lipinski definition) is 4. The number of fused-ring (bicyclic) bond motifs is 5. The number of aromatic nitrogens is 1. The van der Waals surface area contributed by atoms with Crippen LogP contribution in [0.4, 0.5) is 0 Å². The van der Waals surface area contributed by atoms with Gasteiger partial charge < -0.3 is 25.2 Å². The van der Waals surface area contributed by atoms with Crippen molar-refractivity contribution in [3.8, 4) is 11.8 Å². The Morgan fingerprint density at radius 3 is 2.18 bits per heavy atom. The van der Waals surface area contributed by atoms with Crippen LogP contribution in [0.25, 0.3) is 0 Å². The van der Waals surface area contributed by atoms with Gasteiger partial charge in [0.15, 0.2) is 11.8 Å². The molecule has 1 aromatic heterocycles. The molecule has 0 spiro atoms. The lowest BCUT2D eigenvalue weighted by atomic mass is 9.95. The van der Waals surface area contributed by atoms with Crippen molar-refractivity contribution in [2.45, 2.75) is 37.7 Å². The van der Waals surface area contributed by atoms with Crippen molar-refractivity contribution in [3.63, 3.8) is 0 Å². The van der Waals surface area contributed by atoms with E-state index >= 15 is 0 Å². The molecule has 17 heavy (non-hydrogen) atoms. The van der Waals surface area contributed by atoms with E-state index in [1.807, 2.05) is 0 Å². The van der Waals surface area contributed by atoms with Gasteiger partial charge in [-0.05, 0) is 12.8 Å². The zero-order chi connectivity index (χ0) is 12.2. The summed E-state index contributed by atoms with van der Waals surface area (Å²) in [6, 6.07) is 0.